The van der Waals surface area contributed by atoms with Crippen LogP contribution >= 0.6 is 0 Å². The number of esters is 2. The monoisotopic (exact) mass is 362 g/mol. The van der Waals surface area contributed by atoms with Crippen molar-refractivity contribution in [2.24, 2.45) is 5.92 Å². The Hall–Kier alpha value is -1.96. The lowest BCUT2D eigenvalue weighted by Crippen LogP contribution is -2.44. The van der Waals surface area contributed by atoms with Gasteiger partial charge in [-0.15, -0.1) is 0 Å². The van der Waals surface area contributed by atoms with Crippen LogP contribution in [0.15, 0.2) is 36.5 Å². The first kappa shape index (κ1) is 17.5. The van der Waals surface area contributed by atoms with Crippen LogP contribution in [0, 0.1) is 5.92 Å². The fraction of sp³-hybridized carbons (Fsp3) is 0.579. The second kappa shape index (κ2) is 5.52. The Morgan fingerprint density at radius 2 is 2.04 bits per heavy atom. The van der Waals surface area contributed by atoms with Gasteiger partial charge in [0.1, 0.15) is 36.6 Å². The van der Waals surface area contributed by atoms with Crippen LogP contribution in [0.25, 0.3) is 0 Å². The maximum Gasteiger partial charge on any atom is 0.334 e. The number of hydrogen-bond donors (Lipinski definition) is 1. The summed E-state index contributed by atoms with van der Waals surface area (Å²) in [4.78, 5) is 24.3. The number of hydrogen-bond acceptors (Lipinski definition) is 7. The average Bonchev–Trinajstić information content (AvgIpc) is 3.45. The van der Waals surface area contributed by atoms with Crippen LogP contribution in [-0.4, -0.2) is 59.3 Å². The highest BCUT2D eigenvalue weighted by molar-refractivity contribution is 5.91. The molecule has 1 saturated carbocycles. The summed E-state index contributed by atoms with van der Waals surface area (Å²) in [5, 5.41) is 10.7. The van der Waals surface area contributed by atoms with Gasteiger partial charge in [-0.25, -0.2) is 9.59 Å². The maximum absolute atomic E-state index is 12.2. The third-order valence-electron chi connectivity index (χ3n) is 5.70. The van der Waals surface area contributed by atoms with Gasteiger partial charge in [0.05, 0.1) is 11.5 Å². The van der Waals surface area contributed by atoms with E-state index < -0.39 is 41.8 Å². The highest BCUT2D eigenvalue weighted by Gasteiger charge is 2.68. The Morgan fingerprint density at radius 1 is 1.35 bits per heavy atom. The number of rotatable bonds is 2. The van der Waals surface area contributed by atoms with E-state index in [-0.39, 0.29) is 29.5 Å². The molecule has 0 aromatic rings. The van der Waals surface area contributed by atoms with Crippen molar-refractivity contribution < 1.29 is 33.6 Å². The predicted molar refractivity (Wildman–Crippen MR) is 88.9 cm³/mol. The molecule has 7 heteroatoms. The smallest absolute Gasteiger partial charge is 0.334 e. The quantitative estimate of drug-likeness (QED) is 0.336. The van der Waals surface area contributed by atoms with Gasteiger partial charge in [0.25, 0.3) is 0 Å². The van der Waals surface area contributed by atoms with E-state index in [4.69, 9.17) is 18.9 Å². The summed E-state index contributed by atoms with van der Waals surface area (Å²) in [6.45, 7) is 14.8. The van der Waals surface area contributed by atoms with E-state index in [9.17, 15) is 14.7 Å². The predicted octanol–water partition coefficient (Wildman–Crippen LogP) is 0.818. The number of carbonyl (C=O) groups excluding carboxylic acids is 2. The van der Waals surface area contributed by atoms with E-state index in [0.717, 1.165) is 0 Å². The van der Waals surface area contributed by atoms with Gasteiger partial charge in [0.15, 0.2) is 0 Å². The molecule has 3 heterocycles. The summed E-state index contributed by atoms with van der Waals surface area (Å²) in [5.74, 6) is -1.89. The number of epoxide rings is 2. The van der Waals surface area contributed by atoms with Crippen molar-refractivity contribution in [3.63, 3.8) is 0 Å². The van der Waals surface area contributed by atoms with E-state index in [0.29, 0.717) is 12.0 Å². The fourth-order valence-corrected chi connectivity index (χ4v) is 4.05. The van der Waals surface area contributed by atoms with Crippen molar-refractivity contribution in [3.8, 4) is 0 Å². The molecular weight excluding hydrogens is 340 g/mol. The van der Waals surface area contributed by atoms with E-state index >= 15 is 0 Å². The van der Waals surface area contributed by atoms with Gasteiger partial charge in [-0.05, 0) is 19.4 Å². The molecule has 3 aliphatic heterocycles. The zero-order valence-electron chi connectivity index (χ0n) is 14.8. The minimum Gasteiger partial charge on any atom is -0.458 e. The summed E-state index contributed by atoms with van der Waals surface area (Å²) in [7, 11) is 0. The molecule has 7 nitrogen and oxygen atoms in total. The largest absolute Gasteiger partial charge is 0.458 e. The normalized spacial score (nSPS) is 46.4. The standard InChI is InChI=1S/C19H22O7/c1-7(2)17(21)23-10-6-19(5)16(26-19)15-13(24-15)9(4)12(20)14-11(10)8(3)18(22)25-14/h10-16,20H,1,3-4,6H2,2,5H3. The summed E-state index contributed by atoms with van der Waals surface area (Å²) in [5.41, 5.74) is 0.273. The van der Waals surface area contributed by atoms with Crippen molar-refractivity contribution in [2.75, 3.05) is 0 Å². The average molecular weight is 362 g/mol. The van der Waals surface area contributed by atoms with Crippen LogP contribution in [-0.2, 0) is 28.5 Å². The Bertz CT molecular complexity index is 740. The van der Waals surface area contributed by atoms with Crippen molar-refractivity contribution in [3.05, 3.63) is 36.5 Å². The van der Waals surface area contributed by atoms with E-state index in [1.54, 1.807) is 6.92 Å². The number of carbonyl (C=O) groups is 2. The van der Waals surface area contributed by atoms with Crippen LogP contribution in [0.3, 0.4) is 0 Å². The summed E-state index contributed by atoms with van der Waals surface area (Å²) in [6, 6.07) is 0. The van der Waals surface area contributed by atoms with Gasteiger partial charge in [-0.2, -0.15) is 0 Å². The van der Waals surface area contributed by atoms with E-state index in [2.05, 4.69) is 19.7 Å². The second-order valence-electron chi connectivity index (χ2n) is 7.74. The number of aliphatic hydroxyl groups excluding tert-OH is 1. The highest BCUT2D eigenvalue weighted by Crippen LogP contribution is 2.54. The maximum atomic E-state index is 12.2. The Kier molecular flexibility index (Phi) is 3.70. The lowest BCUT2D eigenvalue weighted by atomic mass is 9.79. The van der Waals surface area contributed by atoms with Crippen LogP contribution in [0.1, 0.15) is 20.3 Å². The Balaban J connectivity index is 1.71. The highest BCUT2D eigenvalue weighted by atomic mass is 16.7. The van der Waals surface area contributed by atoms with Gasteiger partial charge in [0.2, 0.25) is 0 Å². The molecule has 1 aliphatic carbocycles. The molecular formula is C19H22O7. The summed E-state index contributed by atoms with van der Waals surface area (Å²) in [6.07, 6.45) is -3.21. The molecule has 4 aliphatic rings. The molecule has 4 fully saturated rings. The fourth-order valence-electron chi connectivity index (χ4n) is 4.05. The van der Waals surface area contributed by atoms with Crippen molar-refractivity contribution >= 4 is 11.9 Å². The molecule has 1 N–H and O–H groups in total. The van der Waals surface area contributed by atoms with Gasteiger partial charge < -0.3 is 24.1 Å². The first-order chi connectivity index (χ1) is 12.1. The molecule has 8 unspecified atom stereocenters. The minimum absolute atomic E-state index is 0.163. The van der Waals surface area contributed by atoms with Crippen LogP contribution in [0.4, 0.5) is 0 Å². The van der Waals surface area contributed by atoms with Crippen molar-refractivity contribution in [2.45, 2.75) is 62.5 Å². The minimum atomic E-state index is -1.15. The summed E-state index contributed by atoms with van der Waals surface area (Å²) >= 11 is 0. The SMILES string of the molecule is C=C(C)C(=O)OC1CC2(C)OC2C2OC2C(=C)C(O)C2OC(=O)C(=C)C12. The van der Waals surface area contributed by atoms with Gasteiger partial charge in [-0.3, -0.25) is 0 Å². The van der Waals surface area contributed by atoms with Gasteiger partial charge >= 0.3 is 11.9 Å². The lowest BCUT2D eigenvalue weighted by molar-refractivity contribution is -0.151. The van der Waals surface area contributed by atoms with Crippen molar-refractivity contribution in [1.29, 1.82) is 0 Å². The third kappa shape index (κ3) is 2.53. The number of fused-ring (bicyclic) bond motifs is 4. The molecule has 0 bridgehead atoms. The molecule has 140 valence electrons. The van der Waals surface area contributed by atoms with E-state index in [1.165, 1.54) is 0 Å². The van der Waals surface area contributed by atoms with Crippen LogP contribution in [0.2, 0.25) is 0 Å². The molecule has 0 amide bonds. The zero-order valence-corrected chi connectivity index (χ0v) is 14.8. The van der Waals surface area contributed by atoms with Crippen LogP contribution < -0.4 is 0 Å². The zero-order chi connectivity index (χ0) is 19.0. The van der Waals surface area contributed by atoms with Crippen molar-refractivity contribution in [1.82, 2.24) is 0 Å². The molecule has 8 atom stereocenters. The molecule has 0 aromatic carbocycles. The molecule has 26 heavy (non-hydrogen) atoms. The van der Waals surface area contributed by atoms with Crippen LogP contribution in [0.5, 0.6) is 0 Å². The second-order valence-corrected chi connectivity index (χ2v) is 7.74. The number of ether oxygens (including phenoxy) is 4. The Labute approximate surface area is 151 Å². The van der Waals surface area contributed by atoms with Gasteiger partial charge in [-0.1, -0.05) is 19.7 Å². The first-order valence-electron chi connectivity index (χ1n) is 8.60. The molecule has 0 aromatic heterocycles. The van der Waals surface area contributed by atoms with E-state index in [1.807, 2.05) is 6.92 Å². The first-order valence-corrected chi connectivity index (χ1v) is 8.60. The molecule has 0 radical (unpaired) electrons. The van der Waals surface area contributed by atoms with Gasteiger partial charge in [0, 0.05) is 17.6 Å². The molecule has 0 spiro atoms. The molecule has 4 rings (SSSR count). The number of aliphatic hydroxyl groups is 1. The third-order valence-corrected chi connectivity index (χ3v) is 5.70. The topological polar surface area (TPSA) is 97.9 Å². The Morgan fingerprint density at radius 3 is 2.69 bits per heavy atom. The lowest BCUT2D eigenvalue weighted by Gasteiger charge is -2.31. The summed E-state index contributed by atoms with van der Waals surface area (Å²) < 4.78 is 22.5. The molecule has 3 saturated heterocycles.